The summed E-state index contributed by atoms with van der Waals surface area (Å²) in [6.07, 6.45) is 1.93. The Labute approximate surface area is 195 Å². The van der Waals surface area contributed by atoms with Crippen molar-refractivity contribution < 1.29 is 14.3 Å². The van der Waals surface area contributed by atoms with E-state index >= 15 is 0 Å². The number of amides is 1. The summed E-state index contributed by atoms with van der Waals surface area (Å²) < 4.78 is 10.7. The van der Waals surface area contributed by atoms with E-state index < -0.39 is 0 Å². The van der Waals surface area contributed by atoms with E-state index in [1.165, 1.54) is 5.56 Å². The van der Waals surface area contributed by atoms with Gasteiger partial charge in [0, 0.05) is 29.4 Å². The topological polar surface area (TPSA) is 63.7 Å². The number of carbonyl (C=O) groups excluding carboxylic acids is 1. The molecule has 4 rings (SSSR count). The first-order valence-electron chi connectivity index (χ1n) is 11.3. The molecule has 1 N–H and O–H groups in total. The third-order valence-electron chi connectivity index (χ3n) is 6.22. The van der Waals surface area contributed by atoms with Gasteiger partial charge < -0.3 is 14.8 Å². The number of pyridine rings is 1. The molecular formula is C27H31N3O3. The summed E-state index contributed by atoms with van der Waals surface area (Å²) in [6, 6.07) is 19.3. The third kappa shape index (κ3) is 5.52. The van der Waals surface area contributed by atoms with Crippen molar-refractivity contribution >= 4 is 11.6 Å². The molecule has 0 radical (unpaired) electrons. The van der Waals surface area contributed by atoms with Crippen molar-refractivity contribution in [3.05, 3.63) is 83.2 Å². The lowest BCUT2D eigenvalue weighted by Crippen LogP contribution is -2.33. The lowest BCUT2D eigenvalue weighted by atomic mass is 9.89. The molecule has 1 aliphatic heterocycles. The van der Waals surface area contributed by atoms with Crippen LogP contribution in [0.4, 0.5) is 5.69 Å². The first-order chi connectivity index (χ1) is 16.1. The second-order valence-corrected chi connectivity index (χ2v) is 8.43. The van der Waals surface area contributed by atoms with Gasteiger partial charge in [0.15, 0.2) is 0 Å². The highest BCUT2D eigenvalue weighted by Gasteiger charge is 2.26. The second kappa shape index (κ2) is 10.5. The van der Waals surface area contributed by atoms with Crippen LogP contribution in [0.1, 0.15) is 46.1 Å². The number of hydrogen-bond acceptors (Lipinski definition) is 5. The maximum absolute atomic E-state index is 13.1. The highest BCUT2D eigenvalue weighted by molar-refractivity contribution is 6.05. The summed E-state index contributed by atoms with van der Waals surface area (Å²) in [5, 5.41) is 3.00. The maximum Gasteiger partial charge on any atom is 0.257 e. The van der Waals surface area contributed by atoms with Crippen molar-refractivity contribution in [3.63, 3.8) is 0 Å². The van der Waals surface area contributed by atoms with Crippen LogP contribution in [-0.2, 0) is 6.54 Å². The minimum absolute atomic E-state index is 0.126. The lowest BCUT2D eigenvalue weighted by molar-refractivity contribution is 0.102. The minimum atomic E-state index is -0.126. The van der Waals surface area contributed by atoms with Crippen molar-refractivity contribution in [2.24, 2.45) is 0 Å². The third-order valence-corrected chi connectivity index (χ3v) is 6.22. The molecule has 0 saturated carbocycles. The number of ether oxygens (including phenoxy) is 2. The van der Waals surface area contributed by atoms with Crippen molar-refractivity contribution in [2.75, 3.05) is 32.6 Å². The quantitative estimate of drug-likeness (QED) is 0.552. The number of hydrogen-bond donors (Lipinski definition) is 1. The van der Waals surface area contributed by atoms with Gasteiger partial charge in [0.2, 0.25) is 0 Å². The highest BCUT2D eigenvalue weighted by atomic mass is 16.5. The van der Waals surface area contributed by atoms with Gasteiger partial charge in [-0.15, -0.1) is 0 Å². The van der Waals surface area contributed by atoms with Gasteiger partial charge in [-0.05, 0) is 75.3 Å². The van der Waals surface area contributed by atoms with Gasteiger partial charge in [-0.25, -0.2) is 0 Å². The van der Waals surface area contributed by atoms with E-state index in [1.807, 2.05) is 55.5 Å². The van der Waals surface area contributed by atoms with Gasteiger partial charge in [-0.3, -0.25) is 14.7 Å². The van der Waals surface area contributed by atoms with Gasteiger partial charge >= 0.3 is 0 Å². The smallest absolute Gasteiger partial charge is 0.257 e. The fourth-order valence-electron chi connectivity index (χ4n) is 4.39. The van der Waals surface area contributed by atoms with E-state index in [-0.39, 0.29) is 11.8 Å². The molecule has 1 fully saturated rings. The normalized spacial score (nSPS) is 14.6. The standard InChI is InChI=1S/C27H31N3O3/c1-19-8-13-24(27(31)29-22-9-11-23(32-2)12-10-22)26(28-19)20-14-16-30(17-15-20)18-21-6-4-5-7-25(21)33-3/h4-13,20H,14-18H2,1-3H3,(H,29,31). The Bertz CT molecular complexity index is 1090. The van der Waals surface area contributed by atoms with Crippen molar-refractivity contribution in [1.82, 2.24) is 9.88 Å². The molecule has 1 amide bonds. The number of nitrogens with zero attached hydrogens (tertiary/aromatic N) is 2. The van der Waals surface area contributed by atoms with Crippen LogP contribution in [0.25, 0.3) is 0 Å². The molecule has 0 spiro atoms. The Kier molecular flexibility index (Phi) is 7.25. The molecule has 172 valence electrons. The van der Waals surface area contributed by atoms with Crippen LogP contribution in [0.2, 0.25) is 0 Å². The molecule has 6 nitrogen and oxygen atoms in total. The molecule has 33 heavy (non-hydrogen) atoms. The Hall–Kier alpha value is -3.38. The molecule has 3 aromatic rings. The van der Waals surface area contributed by atoms with Gasteiger partial charge in [0.1, 0.15) is 11.5 Å². The first-order valence-corrected chi connectivity index (χ1v) is 11.3. The minimum Gasteiger partial charge on any atom is -0.497 e. The van der Waals surface area contributed by atoms with E-state index in [0.717, 1.165) is 61.1 Å². The number of benzene rings is 2. The number of nitrogens with one attached hydrogen (secondary N) is 1. The second-order valence-electron chi connectivity index (χ2n) is 8.43. The number of piperidine rings is 1. The van der Waals surface area contributed by atoms with Gasteiger partial charge in [-0.1, -0.05) is 18.2 Å². The van der Waals surface area contributed by atoms with E-state index in [0.29, 0.717) is 5.56 Å². The maximum atomic E-state index is 13.1. The molecule has 6 heteroatoms. The Morgan fingerprint density at radius 3 is 2.42 bits per heavy atom. The zero-order chi connectivity index (χ0) is 23.2. The number of aryl methyl sites for hydroxylation is 1. The molecular weight excluding hydrogens is 414 g/mol. The number of anilines is 1. The summed E-state index contributed by atoms with van der Waals surface area (Å²) >= 11 is 0. The van der Waals surface area contributed by atoms with Gasteiger partial charge in [0.25, 0.3) is 5.91 Å². The highest BCUT2D eigenvalue weighted by Crippen LogP contribution is 2.31. The van der Waals surface area contributed by atoms with Crippen LogP contribution in [0, 0.1) is 6.92 Å². The summed E-state index contributed by atoms with van der Waals surface area (Å²) in [5.74, 6) is 1.82. The van der Waals surface area contributed by atoms with Crippen LogP contribution in [-0.4, -0.2) is 43.1 Å². The van der Waals surface area contributed by atoms with E-state index in [9.17, 15) is 4.79 Å². The predicted molar refractivity (Wildman–Crippen MR) is 130 cm³/mol. The zero-order valence-corrected chi connectivity index (χ0v) is 19.5. The predicted octanol–water partition coefficient (Wildman–Crippen LogP) is 5.04. The van der Waals surface area contributed by atoms with Gasteiger partial charge in [-0.2, -0.15) is 0 Å². The Morgan fingerprint density at radius 2 is 1.73 bits per heavy atom. The molecule has 0 unspecified atom stereocenters. The average molecular weight is 446 g/mol. The number of likely N-dealkylation sites (tertiary alicyclic amines) is 1. The molecule has 0 bridgehead atoms. The zero-order valence-electron chi connectivity index (χ0n) is 19.5. The number of para-hydroxylation sites is 1. The van der Waals surface area contributed by atoms with Crippen molar-refractivity contribution in [1.29, 1.82) is 0 Å². The van der Waals surface area contributed by atoms with Crippen molar-refractivity contribution in [2.45, 2.75) is 32.2 Å². The monoisotopic (exact) mass is 445 g/mol. The summed E-state index contributed by atoms with van der Waals surface area (Å²) in [6.45, 7) is 4.75. The van der Waals surface area contributed by atoms with Crippen LogP contribution < -0.4 is 14.8 Å². The largest absolute Gasteiger partial charge is 0.497 e. The molecule has 0 aliphatic carbocycles. The van der Waals surface area contributed by atoms with Crippen molar-refractivity contribution in [3.8, 4) is 11.5 Å². The fraction of sp³-hybridized carbons (Fsp3) is 0.333. The lowest BCUT2D eigenvalue weighted by Gasteiger charge is -2.32. The van der Waals surface area contributed by atoms with Crippen LogP contribution >= 0.6 is 0 Å². The SMILES string of the molecule is COc1ccc(NC(=O)c2ccc(C)nc2C2CCN(Cc3ccccc3OC)CC2)cc1. The molecule has 2 aromatic carbocycles. The summed E-state index contributed by atoms with van der Waals surface area (Å²) in [4.78, 5) is 20.4. The van der Waals surface area contributed by atoms with Gasteiger partial charge in [0.05, 0.1) is 25.5 Å². The van der Waals surface area contributed by atoms with Crippen LogP contribution in [0.3, 0.4) is 0 Å². The van der Waals surface area contributed by atoms with Crippen LogP contribution in [0.5, 0.6) is 11.5 Å². The Morgan fingerprint density at radius 1 is 1.00 bits per heavy atom. The fourth-order valence-corrected chi connectivity index (χ4v) is 4.39. The number of rotatable bonds is 7. The summed E-state index contributed by atoms with van der Waals surface area (Å²) in [7, 11) is 3.34. The molecule has 1 saturated heterocycles. The number of aromatic nitrogens is 1. The van der Waals surface area contributed by atoms with Crippen LogP contribution in [0.15, 0.2) is 60.7 Å². The average Bonchev–Trinajstić information content (AvgIpc) is 2.85. The summed E-state index contributed by atoms with van der Waals surface area (Å²) in [5.41, 5.74) is 4.42. The van der Waals surface area contributed by atoms with E-state index in [2.05, 4.69) is 22.3 Å². The molecule has 1 aromatic heterocycles. The molecule has 2 heterocycles. The number of methoxy groups -OCH3 is 2. The first kappa shape index (κ1) is 22.8. The Balaban J connectivity index is 1.44. The molecule has 1 aliphatic rings. The molecule has 0 atom stereocenters. The van der Waals surface area contributed by atoms with E-state index in [4.69, 9.17) is 14.5 Å². The number of carbonyl (C=O) groups is 1. The van der Waals surface area contributed by atoms with E-state index in [1.54, 1.807) is 14.2 Å².